The van der Waals surface area contributed by atoms with Crippen LogP contribution in [0.1, 0.15) is 5.76 Å². The molecule has 122 valence electrons. The first-order valence-corrected chi connectivity index (χ1v) is 7.00. The van der Waals surface area contributed by atoms with E-state index in [1.165, 1.54) is 12.3 Å². The van der Waals surface area contributed by atoms with Crippen LogP contribution in [0.3, 0.4) is 0 Å². The molecule has 0 unspecified atom stereocenters. The molecule has 0 saturated heterocycles. The topological polar surface area (TPSA) is 101 Å². The first-order chi connectivity index (χ1) is 11.7. The summed E-state index contributed by atoms with van der Waals surface area (Å²) in [5.74, 6) is 0.815. The van der Waals surface area contributed by atoms with Crippen molar-refractivity contribution in [3.05, 3.63) is 64.5 Å². The molecule has 0 radical (unpaired) electrons. The minimum atomic E-state index is -0.601. The number of para-hydroxylation sites is 1. The summed E-state index contributed by atoms with van der Waals surface area (Å²) < 4.78 is 15.9. The van der Waals surface area contributed by atoms with E-state index in [9.17, 15) is 10.1 Å². The van der Waals surface area contributed by atoms with E-state index in [0.717, 1.165) is 5.56 Å². The summed E-state index contributed by atoms with van der Waals surface area (Å²) in [6.07, 6.45) is 1.33. The van der Waals surface area contributed by atoms with Gasteiger partial charge in [-0.2, -0.15) is 0 Å². The number of hydrogen-bond donors (Lipinski definition) is 0. The first-order valence-electron chi connectivity index (χ1n) is 7.00. The molecular formula is C16H13N3O5. The number of aromatic nitrogens is 2. The lowest BCUT2D eigenvalue weighted by Gasteiger charge is -2.04. The lowest BCUT2D eigenvalue weighted by Crippen LogP contribution is -1.99. The Morgan fingerprint density at radius 3 is 2.79 bits per heavy atom. The molecule has 3 rings (SSSR count). The zero-order valence-electron chi connectivity index (χ0n) is 12.7. The predicted octanol–water partition coefficient (Wildman–Crippen LogP) is 3.23. The van der Waals surface area contributed by atoms with Gasteiger partial charge in [0.25, 0.3) is 0 Å². The van der Waals surface area contributed by atoms with Crippen molar-refractivity contribution in [2.24, 2.45) is 0 Å². The highest BCUT2D eigenvalue weighted by Crippen LogP contribution is 2.30. The molecule has 0 bridgehead atoms. The van der Waals surface area contributed by atoms with Crippen molar-refractivity contribution >= 4 is 5.82 Å². The second-order valence-corrected chi connectivity index (χ2v) is 4.75. The van der Waals surface area contributed by atoms with E-state index in [1.54, 1.807) is 19.2 Å². The quantitative estimate of drug-likeness (QED) is 0.506. The van der Waals surface area contributed by atoms with E-state index in [1.807, 2.05) is 24.3 Å². The summed E-state index contributed by atoms with van der Waals surface area (Å²) in [5.41, 5.74) is 1.37. The summed E-state index contributed by atoms with van der Waals surface area (Å²) in [6, 6.07) is 12.1. The second-order valence-electron chi connectivity index (χ2n) is 4.75. The monoisotopic (exact) mass is 327 g/mol. The number of nitrogens with zero attached hydrogens (tertiary/aromatic N) is 3. The zero-order chi connectivity index (χ0) is 16.9. The second kappa shape index (κ2) is 6.78. The Morgan fingerprint density at radius 2 is 2.00 bits per heavy atom. The molecule has 0 amide bonds. The lowest BCUT2D eigenvalue weighted by molar-refractivity contribution is -0.390. The van der Waals surface area contributed by atoms with Crippen LogP contribution in [-0.2, 0) is 6.61 Å². The van der Waals surface area contributed by atoms with Gasteiger partial charge >= 0.3 is 5.82 Å². The number of ether oxygens (including phenoxy) is 2. The number of benzene rings is 1. The molecule has 0 atom stereocenters. The van der Waals surface area contributed by atoms with Crippen molar-refractivity contribution in [1.29, 1.82) is 0 Å². The van der Waals surface area contributed by atoms with Crippen molar-refractivity contribution in [2.45, 2.75) is 6.61 Å². The fourth-order valence-corrected chi connectivity index (χ4v) is 2.15. The van der Waals surface area contributed by atoms with Crippen LogP contribution < -0.4 is 9.47 Å². The van der Waals surface area contributed by atoms with Crippen LogP contribution in [0.4, 0.5) is 5.82 Å². The zero-order valence-corrected chi connectivity index (χ0v) is 12.7. The van der Waals surface area contributed by atoms with Gasteiger partial charge in [-0.05, 0) is 34.2 Å². The Labute approximate surface area is 136 Å². The molecule has 8 nitrogen and oxygen atoms in total. The van der Waals surface area contributed by atoms with Crippen LogP contribution in [0.25, 0.3) is 11.3 Å². The number of methoxy groups -OCH3 is 1. The van der Waals surface area contributed by atoms with E-state index in [4.69, 9.17) is 14.0 Å². The van der Waals surface area contributed by atoms with Crippen molar-refractivity contribution in [1.82, 2.24) is 10.1 Å². The van der Waals surface area contributed by atoms with Gasteiger partial charge in [0, 0.05) is 11.6 Å². The molecule has 0 N–H and O–H groups in total. The van der Waals surface area contributed by atoms with Gasteiger partial charge in [-0.15, -0.1) is 0 Å². The van der Waals surface area contributed by atoms with Crippen LogP contribution in [0.2, 0.25) is 0 Å². The van der Waals surface area contributed by atoms with Crippen molar-refractivity contribution in [3.63, 3.8) is 0 Å². The summed E-state index contributed by atoms with van der Waals surface area (Å²) >= 11 is 0. The van der Waals surface area contributed by atoms with Gasteiger partial charge in [0.05, 0.1) is 7.11 Å². The Morgan fingerprint density at radius 1 is 1.21 bits per heavy atom. The fraction of sp³-hybridized carbons (Fsp3) is 0.125. The van der Waals surface area contributed by atoms with Crippen LogP contribution in [0, 0.1) is 10.1 Å². The maximum Gasteiger partial charge on any atom is 0.406 e. The molecule has 0 spiro atoms. The SMILES string of the molecule is COc1ccccc1-c1cc(COc2cccnc2[N+](=O)[O-])on1. The number of rotatable bonds is 6. The molecule has 0 aliphatic rings. The Hall–Kier alpha value is -3.42. The smallest absolute Gasteiger partial charge is 0.406 e. The van der Waals surface area contributed by atoms with Gasteiger partial charge in [-0.1, -0.05) is 17.3 Å². The van der Waals surface area contributed by atoms with Gasteiger partial charge in [0.1, 0.15) is 24.2 Å². The molecule has 0 saturated carbocycles. The van der Waals surface area contributed by atoms with Crippen molar-refractivity contribution < 1.29 is 18.9 Å². The molecule has 0 fully saturated rings. The molecule has 1 aromatic carbocycles. The Bertz CT molecular complexity index is 862. The summed E-state index contributed by atoms with van der Waals surface area (Å²) in [4.78, 5) is 14.0. The molecule has 8 heteroatoms. The summed E-state index contributed by atoms with van der Waals surface area (Å²) in [7, 11) is 1.57. The normalized spacial score (nSPS) is 10.4. The van der Waals surface area contributed by atoms with Crippen LogP contribution in [0.15, 0.2) is 53.2 Å². The van der Waals surface area contributed by atoms with Gasteiger partial charge in [0.2, 0.25) is 5.75 Å². The number of nitro groups is 1. The minimum Gasteiger partial charge on any atom is -0.496 e. The highest BCUT2D eigenvalue weighted by atomic mass is 16.6. The van der Waals surface area contributed by atoms with E-state index in [0.29, 0.717) is 17.2 Å². The summed E-state index contributed by atoms with van der Waals surface area (Å²) in [5, 5.41) is 14.9. The molecule has 2 aromatic heterocycles. The van der Waals surface area contributed by atoms with Gasteiger partial charge in [-0.3, -0.25) is 0 Å². The molecule has 0 aliphatic carbocycles. The Balaban J connectivity index is 1.77. The first kappa shape index (κ1) is 15.5. The van der Waals surface area contributed by atoms with Gasteiger partial charge in [-0.25, -0.2) is 0 Å². The lowest BCUT2D eigenvalue weighted by atomic mass is 10.1. The highest BCUT2D eigenvalue weighted by Gasteiger charge is 2.17. The molecular weight excluding hydrogens is 314 g/mol. The Kier molecular flexibility index (Phi) is 4.37. The maximum atomic E-state index is 10.9. The number of hydrogen-bond acceptors (Lipinski definition) is 7. The van der Waals surface area contributed by atoms with Crippen molar-refractivity contribution in [2.75, 3.05) is 7.11 Å². The minimum absolute atomic E-state index is 0.00528. The molecule has 24 heavy (non-hydrogen) atoms. The fourth-order valence-electron chi connectivity index (χ4n) is 2.15. The van der Waals surface area contributed by atoms with E-state index < -0.39 is 4.92 Å². The average Bonchev–Trinajstić information content (AvgIpc) is 3.09. The van der Waals surface area contributed by atoms with Crippen molar-refractivity contribution in [3.8, 4) is 22.8 Å². The van der Waals surface area contributed by atoms with Gasteiger partial charge in [0.15, 0.2) is 5.76 Å². The predicted molar refractivity (Wildman–Crippen MR) is 83.7 cm³/mol. The van der Waals surface area contributed by atoms with E-state index >= 15 is 0 Å². The van der Waals surface area contributed by atoms with Crippen LogP contribution in [-0.4, -0.2) is 22.2 Å². The van der Waals surface area contributed by atoms with Crippen LogP contribution in [0.5, 0.6) is 11.5 Å². The third kappa shape index (κ3) is 3.17. The third-order valence-electron chi connectivity index (χ3n) is 3.24. The highest BCUT2D eigenvalue weighted by molar-refractivity contribution is 5.66. The van der Waals surface area contributed by atoms with E-state index in [-0.39, 0.29) is 18.2 Å². The average molecular weight is 327 g/mol. The molecule has 3 aromatic rings. The maximum absolute atomic E-state index is 10.9. The third-order valence-corrected chi connectivity index (χ3v) is 3.24. The standard InChI is InChI=1S/C16H13N3O5/c1-22-14-6-3-2-5-12(14)13-9-11(24-18-13)10-23-15-7-4-8-17-16(15)19(20)21/h2-9H,10H2,1H3. The molecule has 2 heterocycles. The largest absolute Gasteiger partial charge is 0.496 e. The number of pyridine rings is 1. The van der Waals surface area contributed by atoms with Gasteiger partial charge < -0.3 is 24.1 Å². The van der Waals surface area contributed by atoms with E-state index in [2.05, 4.69) is 10.1 Å². The van der Waals surface area contributed by atoms with Crippen LogP contribution >= 0.6 is 0 Å². The molecule has 0 aliphatic heterocycles. The summed E-state index contributed by atoms with van der Waals surface area (Å²) in [6.45, 7) is -0.00528.